The van der Waals surface area contributed by atoms with Crippen LogP contribution in [0.4, 0.5) is 0 Å². The third-order valence-corrected chi connectivity index (χ3v) is 3.07. The van der Waals surface area contributed by atoms with E-state index in [9.17, 15) is 14.7 Å². The van der Waals surface area contributed by atoms with Gasteiger partial charge in [0.15, 0.2) is 0 Å². The average Bonchev–Trinajstić information content (AvgIpc) is 2.33. The van der Waals surface area contributed by atoms with Crippen molar-refractivity contribution >= 4 is 11.8 Å². The van der Waals surface area contributed by atoms with Crippen molar-refractivity contribution in [3.05, 3.63) is 35.4 Å². The van der Waals surface area contributed by atoms with Crippen LogP contribution in [0.2, 0.25) is 0 Å². The molecule has 1 aromatic carbocycles. The van der Waals surface area contributed by atoms with Crippen LogP contribution in [0.1, 0.15) is 36.2 Å². The molecule has 1 unspecified atom stereocenters. The van der Waals surface area contributed by atoms with Crippen molar-refractivity contribution in [1.29, 1.82) is 0 Å². The molecular formula is C14H16O4. The highest BCUT2D eigenvalue weighted by molar-refractivity contribution is 6.16. The maximum absolute atomic E-state index is 12.2. The first-order valence-corrected chi connectivity index (χ1v) is 6.01. The number of Topliss-reactive ketones (excluding diaryl/α,β-unsaturated/α-hetero) is 1. The molecule has 0 heterocycles. The first kappa shape index (κ1) is 12.8. The molecule has 1 N–H and O–H groups in total. The van der Waals surface area contributed by atoms with Gasteiger partial charge in [-0.2, -0.15) is 0 Å². The zero-order valence-corrected chi connectivity index (χ0v) is 10.5. The third-order valence-electron chi connectivity index (χ3n) is 3.07. The molecule has 96 valence electrons. The number of hydrogen-bond acceptors (Lipinski definition) is 4. The van der Waals surface area contributed by atoms with Gasteiger partial charge in [0, 0.05) is 5.56 Å². The second kappa shape index (κ2) is 4.53. The van der Waals surface area contributed by atoms with Gasteiger partial charge in [0.25, 0.3) is 0 Å². The number of aliphatic hydroxyl groups is 1. The van der Waals surface area contributed by atoms with Crippen LogP contribution in [0.15, 0.2) is 24.3 Å². The quantitative estimate of drug-likeness (QED) is 0.636. The Morgan fingerprint density at radius 2 is 2.06 bits per heavy atom. The minimum absolute atomic E-state index is 0.0778. The molecule has 1 aromatic rings. The fourth-order valence-electron chi connectivity index (χ4n) is 2.12. The van der Waals surface area contributed by atoms with Crippen LogP contribution >= 0.6 is 0 Å². The number of ketones is 1. The van der Waals surface area contributed by atoms with E-state index in [0.717, 1.165) is 5.56 Å². The van der Waals surface area contributed by atoms with E-state index in [2.05, 4.69) is 0 Å². The van der Waals surface area contributed by atoms with E-state index in [0.29, 0.717) is 12.0 Å². The zero-order valence-electron chi connectivity index (χ0n) is 10.5. The lowest BCUT2D eigenvalue weighted by atomic mass is 9.79. The summed E-state index contributed by atoms with van der Waals surface area (Å²) in [6.45, 7) is 3.37. The molecule has 0 aromatic heterocycles. The fraction of sp³-hybridized carbons (Fsp3) is 0.429. The zero-order chi connectivity index (χ0) is 13.3. The lowest BCUT2D eigenvalue weighted by molar-refractivity contribution is -0.165. The lowest BCUT2D eigenvalue weighted by Crippen LogP contribution is -2.51. The summed E-state index contributed by atoms with van der Waals surface area (Å²) < 4.78 is 4.97. The predicted octanol–water partition coefficient (Wildman–Crippen LogP) is 1.50. The second-order valence-electron chi connectivity index (χ2n) is 4.80. The Kier molecular flexibility index (Phi) is 3.22. The smallest absolute Gasteiger partial charge is 0.346 e. The third kappa shape index (κ3) is 2.04. The summed E-state index contributed by atoms with van der Waals surface area (Å²) in [5.74, 6) is -1.41. The van der Waals surface area contributed by atoms with E-state index in [4.69, 9.17) is 4.74 Å². The van der Waals surface area contributed by atoms with Crippen LogP contribution in [-0.2, 0) is 16.0 Å². The summed E-state index contributed by atoms with van der Waals surface area (Å²) in [6.07, 6.45) is 0.214. The number of esters is 1. The second-order valence-corrected chi connectivity index (χ2v) is 4.80. The van der Waals surface area contributed by atoms with E-state index in [1.807, 2.05) is 12.1 Å². The first-order valence-electron chi connectivity index (χ1n) is 6.01. The van der Waals surface area contributed by atoms with Gasteiger partial charge in [-0.15, -0.1) is 0 Å². The first-order chi connectivity index (χ1) is 8.45. The van der Waals surface area contributed by atoms with Crippen LogP contribution in [-0.4, -0.2) is 28.6 Å². The van der Waals surface area contributed by atoms with Crippen molar-refractivity contribution in [3.63, 3.8) is 0 Å². The summed E-state index contributed by atoms with van der Waals surface area (Å²) in [5.41, 5.74) is -0.755. The number of fused-ring (bicyclic) bond motifs is 1. The fourth-order valence-corrected chi connectivity index (χ4v) is 2.12. The van der Waals surface area contributed by atoms with E-state index >= 15 is 0 Å². The number of carbonyl (C=O) groups is 2. The van der Waals surface area contributed by atoms with Gasteiger partial charge in [-0.25, -0.2) is 4.79 Å². The Hall–Kier alpha value is -1.68. The minimum atomic E-state index is -2.03. The highest BCUT2D eigenvalue weighted by atomic mass is 16.6. The van der Waals surface area contributed by atoms with E-state index in [1.54, 1.807) is 26.0 Å². The molecule has 0 amide bonds. The summed E-state index contributed by atoms with van der Waals surface area (Å²) in [4.78, 5) is 24.1. The summed E-state index contributed by atoms with van der Waals surface area (Å²) in [6, 6.07) is 7.02. The molecule has 2 rings (SSSR count). The van der Waals surface area contributed by atoms with Crippen molar-refractivity contribution in [2.75, 3.05) is 0 Å². The average molecular weight is 248 g/mol. The molecule has 0 aliphatic heterocycles. The van der Waals surface area contributed by atoms with Crippen LogP contribution < -0.4 is 0 Å². The Morgan fingerprint density at radius 3 is 2.72 bits per heavy atom. The van der Waals surface area contributed by atoms with Crippen LogP contribution in [0.3, 0.4) is 0 Å². The molecule has 0 bridgehead atoms. The van der Waals surface area contributed by atoms with Gasteiger partial charge in [-0.1, -0.05) is 24.3 Å². The summed E-state index contributed by atoms with van der Waals surface area (Å²) in [7, 11) is 0. The molecule has 1 aliphatic carbocycles. The molecule has 1 aliphatic rings. The summed E-state index contributed by atoms with van der Waals surface area (Å²) >= 11 is 0. The number of rotatable bonds is 2. The van der Waals surface area contributed by atoms with Crippen LogP contribution in [0.5, 0.6) is 0 Å². The largest absolute Gasteiger partial charge is 0.460 e. The molecule has 0 fully saturated rings. The molecule has 0 spiro atoms. The topological polar surface area (TPSA) is 63.6 Å². The van der Waals surface area contributed by atoms with Gasteiger partial charge in [-0.05, 0) is 32.3 Å². The van der Waals surface area contributed by atoms with Crippen LogP contribution in [0.25, 0.3) is 0 Å². The monoisotopic (exact) mass is 248 g/mol. The molecule has 4 nitrogen and oxygen atoms in total. The molecule has 1 atom stereocenters. The summed E-state index contributed by atoms with van der Waals surface area (Å²) in [5, 5.41) is 10.3. The maximum atomic E-state index is 12.2. The number of hydrogen-bond donors (Lipinski definition) is 1. The molecule has 0 radical (unpaired) electrons. The Labute approximate surface area is 106 Å². The highest BCUT2D eigenvalue weighted by Gasteiger charge is 2.48. The van der Waals surface area contributed by atoms with Gasteiger partial charge in [0.1, 0.15) is 0 Å². The van der Waals surface area contributed by atoms with Crippen molar-refractivity contribution in [2.45, 2.75) is 38.4 Å². The van der Waals surface area contributed by atoms with Crippen molar-refractivity contribution in [1.82, 2.24) is 0 Å². The van der Waals surface area contributed by atoms with E-state index in [-0.39, 0.29) is 12.5 Å². The molecule has 0 saturated heterocycles. The Balaban J connectivity index is 2.33. The van der Waals surface area contributed by atoms with Gasteiger partial charge >= 0.3 is 5.97 Å². The number of aryl methyl sites for hydroxylation is 1. The minimum Gasteiger partial charge on any atom is -0.460 e. The standard InChI is InChI=1S/C14H16O4/c1-9(2)18-13(16)14(17)8-7-10-5-3-4-6-11(10)12(14)15/h3-6,9,17H,7-8H2,1-2H3. The van der Waals surface area contributed by atoms with Crippen molar-refractivity contribution in [3.8, 4) is 0 Å². The van der Waals surface area contributed by atoms with Gasteiger partial charge in [0.2, 0.25) is 11.4 Å². The number of benzene rings is 1. The maximum Gasteiger partial charge on any atom is 0.346 e. The SMILES string of the molecule is CC(C)OC(=O)C1(O)CCc2ccccc2C1=O. The molecule has 0 saturated carbocycles. The lowest BCUT2D eigenvalue weighted by Gasteiger charge is -2.30. The molecule has 18 heavy (non-hydrogen) atoms. The van der Waals surface area contributed by atoms with E-state index in [1.165, 1.54) is 0 Å². The van der Waals surface area contributed by atoms with Crippen molar-refractivity contribution in [2.24, 2.45) is 0 Å². The predicted molar refractivity (Wildman–Crippen MR) is 65.3 cm³/mol. The van der Waals surface area contributed by atoms with Gasteiger partial charge in [0.05, 0.1) is 6.10 Å². The molecular weight excluding hydrogens is 232 g/mol. The number of ether oxygens (including phenoxy) is 1. The van der Waals surface area contributed by atoms with Crippen molar-refractivity contribution < 1.29 is 19.4 Å². The Bertz CT molecular complexity index is 492. The van der Waals surface area contributed by atoms with Crippen LogP contribution in [0, 0.1) is 0 Å². The number of carbonyl (C=O) groups excluding carboxylic acids is 2. The molecule has 4 heteroatoms. The Morgan fingerprint density at radius 1 is 1.39 bits per heavy atom. The normalized spacial score (nSPS) is 22.8. The van der Waals surface area contributed by atoms with Gasteiger partial charge in [-0.3, -0.25) is 4.79 Å². The van der Waals surface area contributed by atoms with Gasteiger partial charge < -0.3 is 9.84 Å². The van der Waals surface area contributed by atoms with E-state index < -0.39 is 17.4 Å². The highest BCUT2D eigenvalue weighted by Crippen LogP contribution is 2.30.